The third-order valence-electron chi connectivity index (χ3n) is 4.81. The SMILES string of the molecule is COc1ccc(-c2cc(C(F)(F)F)c(C#N)c(SCC(=O)N[C@@H](C)c3ccccc3)n2)cc1. The van der Waals surface area contributed by atoms with Gasteiger partial charge in [0.25, 0.3) is 0 Å². The number of aromatic nitrogens is 1. The van der Waals surface area contributed by atoms with Gasteiger partial charge in [-0.15, -0.1) is 0 Å². The van der Waals surface area contributed by atoms with Crippen molar-refractivity contribution in [2.24, 2.45) is 0 Å². The maximum atomic E-state index is 13.7. The van der Waals surface area contributed by atoms with Crippen molar-refractivity contribution in [3.63, 3.8) is 0 Å². The molecule has 33 heavy (non-hydrogen) atoms. The van der Waals surface area contributed by atoms with Gasteiger partial charge in [-0.3, -0.25) is 4.79 Å². The second-order valence-electron chi connectivity index (χ2n) is 7.06. The van der Waals surface area contributed by atoms with Gasteiger partial charge < -0.3 is 10.1 Å². The van der Waals surface area contributed by atoms with Crippen LogP contribution >= 0.6 is 11.8 Å². The minimum absolute atomic E-state index is 0.0459. The highest BCUT2D eigenvalue weighted by Gasteiger charge is 2.36. The summed E-state index contributed by atoms with van der Waals surface area (Å²) in [5.74, 6) is -0.0323. The molecule has 0 spiro atoms. The van der Waals surface area contributed by atoms with Crippen LogP contribution in [-0.2, 0) is 11.0 Å². The summed E-state index contributed by atoms with van der Waals surface area (Å²) in [5.41, 5.74) is -0.327. The molecule has 0 aliphatic carbocycles. The summed E-state index contributed by atoms with van der Waals surface area (Å²) in [4.78, 5) is 16.7. The molecule has 1 aromatic heterocycles. The molecular weight excluding hydrogens is 451 g/mol. The zero-order valence-corrected chi connectivity index (χ0v) is 18.6. The fourth-order valence-corrected chi connectivity index (χ4v) is 3.92. The first-order valence-corrected chi connectivity index (χ1v) is 10.9. The van der Waals surface area contributed by atoms with Crippen molar-refractivity contribution < 1.29 is 22.7 Å². The molecule has 3 aromatic rings. The number of alkyl halides is 3. The van der Waals surface area contributed by atoms with E-state index < -0.39 is 17.3 Å². The normalized spacial score (nSPS) is 12.0. The Kier molecular flexibility index (Phi) is 7.61. The number of methoxy groups -OCH3 is 1. The summed E-state index contributed by atoms with van der Waals surface area (Å²) in [7, 11) is 1.48. The van der Waals surface area contributed by atoms with E-state index in [4.69, 9.17) is 4.74 Å². The molecule has 0 saturated heterocycles. The van der Waals surface area contributed by atoms with Crippen LogP contribution in [0.1, 0.15) is 29.7 Å². The van der Waals surface area contributed by atoms with Gasteiger partial charge in [0.1, 0.15) is 16.8 Å². The van der Waals surface area contributed by atoms with E-state index in [1.807, 2.05) is 37.3 Å². The molecule has 0 unspecified atom stereocenters. The summed E-state index contributed by atoms with van der Waals surface area (Å²) >= 11 is 0.793. The van der Waals surface area contributed by atoms with Crippen LogP contribution in [0.15, 0.2) is 65.7 Å². The molecule has 3 rings (SSSR count). The molecule has 1 amide bonds. The summed E-state index contributed by atoms with van der Waals surface area (Å²) in [6.45, 7) is 1.81. The van der Waals surface area contributed by atoms with Crippen molar-refractivity contribution in [1.29, 1.82) is 5.26 Å². The standard InChI is InChI=1S/C24H20F3N3O2S/c1-15(16-6-4-3-5-7-16)29-22(31)14-33-23-19(13-28)20(24(25,26)27)12-21(30-23)17-8-10-18(32-2)11-9-17/h3-12,15H,14H2,1-2H3,(H,29,31)/t15-/m0/s1. The number of thioether (sulfide) groups is 1. The molecular formula is C24H20F3N3O2S. The summed E-state index contributed by atoms with van der Waals surface area (Å²) in [6.07, 6.45) is -4.76. The third-order valence-corrected chi connectivity index (χ3v) is 5.78. The second kappa shape index (κ2) is 10.4. The molecule has 170 valence electrons. The number of hydrogen-bond donors (Lipinski definition) is 1. The molecule has 0 aliphatic rings. The third kappa shape index (κ3) is 6.05. The Labute approximate surface area is 193 Å². The monoisotopic (exact) mass is 471 g/mol. The van der Waals surface area contributed by atoms with Crippen LogP contribution < -0.4 is 10.1 Å². The van der Waals surface area contributed by atoms with Gasteiger partial charge in [0, 0.05) is 5.56 Å². The van der Waals surface area contributed by atoms with Crippen molar-refractivity contribution in [2.75, 3.05) is 12.9 Å². The molecule has 0 fully saturated rings. The zero-order chi connectivity index (χ0) is 24.0. The number of pyridine rings is 1. The Hall–Kier alpha value is -3.51. The summed E-state index contributed by atoms with van der Waals surface area (Å²) in [5, 5.41) is 12.1. The number of carbonyl (C=O) groups excluding carboxylic acids is 1. The van der Waals surface area contributed by atoms with E-state index >= 15 is 0 Å². The van der Waals surface area contributed by atoms with Crippen molar-refractivity contribution in [2.45, 2.75) is 24.2 Å². The van der Waals surface area contributed by atoms with E-state index in [1.54, 1.807) is 30.3 Å². The van der Waals surface area contributed by atoms with Crippen molar-refractivity contribution >= 4 is 17.7 Å². The Balaban J connectivity index is 1.87. The van der Waals surface area contributed by atoms with Crippen LogP contribution in [0.25, 0.3) is 11.3 Å². The minimum Gasteiger partial charge on any atom is -0.497 e. The number of ether oxygens (including phenoxy) is 1. The smallest absolute Gasteiger partial charge is 0.417 e. The lowest BCUT2D eigenvalue weighted by atomic mass is 10.1. The van der Waals surface area contributed by atoms with Crippen LogP contribution in [0.4, 0.5) is 13.2 Å². The lowest BCUT2D eigenvalue weighted by Crippen LogP contribution is -2.28. The van der Waals surface area contributed by atoms with E-state index in [2.05, 4.69) is 10.3 Å². The lowest BCUT2D eigenvalue weighted by Gasteiger charge is -2.16. The largest absolute Gasteiger partial charge is 0.497 e. The number of nitrogens with zero attached hydrogens (tertiary/aromatic N) is 2. The summed E-state index contributed by atoms with van der Waals surface area (Å²) < 4.78 is 46.2. The highest BCUT2D eigenvalue weighted by atomic mass is 32.2. The van der Waals surface area contributed by atoms with Crippen molar-refractivity contribution in [3.05, 3.63) is 77.4 Å². The van der Waals surface area contributed by atoms with Gasteiger partial charge in [-0.25, -0.2) is 4.98 Å². The van der Waals surface area contributed by atoms with Crippen LogP contribution in [0.2, 0.25) is 0 Å². The molecule has 9 heteroatoms. The first-order valence-electron chi connectivity index (χ1n) is 9.86. The molecule has 0 radical (unpaired) electrons. The van der Waals surface area contributed by atoms with Gasteiger partial charge >= 0.3 is 6.18 Å². The zero-order valence-electron chi connectivity index (χ0n) is 17.8. The Morgan fingerprint density at radius 3 is 2.42 bits per heavy atom. The molecule has 2 aromatic carbocycles. The molecule has 0 bridgehead atoms. The van der Waals surface area contributed by atoms with E-state index in [0.29, 0.717) is 11.3 Å². The quantitative estimate of drug-likeness (QED) is 0.453. The van der Waals surface area contributed by atoms with Crippen molar-refractivity contribution in [1.82, 2.24) is 10.3 Å². The fourth-order valence-electron chi connectivity index (χ4n) is 3.11. The molecule has 0 saturated carbocycles. The maximum absolute atomic E-state index is 13.7. The van der Waals surface area contributed by atoms with E-state index in [0.717, 1.165) is 23.4 Å². The Bertz CT molecular complexity index is 1160. The molecule has 1 heterocycles. The van der Waals surface area contributed by atoms with Gasteiger partial charge in [-0.1, -0.05) is 42.1 Å². The Morgan fingerprint density at radius 2 is 1.85 bits per heavy atom. The van der Waals surface area contributed by atoms with Crippen LogP contribution in [-0.4, -0.2) is 23.8 Å². The number of nitrogens with one attached hydrogen (secondary N) is 1. The number of halogens is 3. The topological polar surface area (TPSA) is 75.0 Å². The number of carbonyl (C=O) groups is 1. The molecule has 0 aliphatic heterocycles. The second-order valence-corrected chi connectivity index (χ2v) is 8.03. The summed E-state index contributed by atoms with van der Waals surface area (Å²) in [6, 6.07) is 17.8. The van der Waals surface area contributed by atoms with E-state index in [-0.39, 0.29) is 28.4 Å². The van der Waals surface area contributed by atoms with Crippen LogP contribution in [0, 0.1) is 11.3 Å². The lowest BCUT2D eigenvalue weighted by molar-refractivity contribution is -0.138. The molecule has 1 N–H and O–H groups in total. The van der Waals surface area contributed by atoms with Crippen molar-refractivity contribution in [3.8, 4) is 23.1 Å². The highest BCUT2D eigenvalue weighted by Crippen LogP contribution is 2.38. The predicted molar refractivity (Wildman–Crippen MR) is 120 cm³/mol. The highest BCUT2D eigenvalue weighted by molar-refractivity contribution is 8.00. The van der Waals surface area contributed by atoms with Gasteiger partial charge in [-0.2, -0.15) is 18.4 Å². The average Bonchev–Trinajstić information content (AvgIpc) is 2.82. The Morgan fingerprint density at radius 1 is 1.18 bits per heavy atom. The van der Waals surface area contributed by atoms with Gasteiger partial charge in [0.2, 0.25) is 5.91 Å². The van der Waals surface area contributed by atoms with Crippen LogP contribution in [0.5, 0.6) is 5.75 Å². The van der Waals surface area contributed by atoms with Gasteiger partial charge in [0.05, 0.1) is 35.7 Å². The predicted octanol–water partition coefficient (Wildman–Crippen LogP) is 5.62. The van der Waals surface area contributed by atoms with Gasteiger partial charge in [-0.05, 0) is 42.8 Å². The first-order chi connectivity index (χ1) is 15.7. The average molecular weight is 472 g/mol. The number of benzene rings is 2. The van der Waals surface area contributed by atoms with Gasteiger partial charge in [0.15, 0.2) is 0 Å². The number of amides is 1. The minimum atomic E-state index is -4.76. The first kappa shape index (κ1) is 24.1. The number of hydrogen-bond acceptors (Lipinski definition) is 5. The maximum Gasteiger partial charge on any atom is 0.417 e. The van der Waals surface area contributed by atoms with Crippen LogP contribution in [0.3, 0.4) is 0 Å². The molecule has 1 atom stereocenters. The van der Waals surface area contributed by atoms with E-state index in [9.17, 15) is 23.2 Å². The fraction of sp³-hybridized carbons (Fsp3) is 0.208. The number of nitriles is 1. The van der Waals surface area contributed by atoms with E-state index in [1.165, 1.54) is 7.11 Å². The molecule has 5 nitrogen and oxygen atoms in total. The number of rotatable bonds is 7.